The number of para-hydroxylation sites is 3. The molecule has 2 aliphatic rings. The van der Waals surface area contributed by atoms with Crippen molar-refractivity contribution in [3.8, 4) is 0 Å². The van der Waals surface area contributed by atoms with Crippen molar-refractivity contribution in [3.63, 3.8) is 0 Å². The summed E-state index contributed by atoms with van der Waals surface area (Å²) in [5, 5.41) is 3.00. The molecule has 142 valence electrons. The molecule has 0 radical (unpaired) electrons. The smallest absolute Gasteiger partial charge is 0.253 e. The lowest BCUT2D eigenvalue weighted by atomic mass is 10.1. The molecule has 28 heavy (non-hydrogen) atoms. The van der Waals surface area contributed by atoms with Crippen LogP contribution < -0.4 is 10.2 Å². The summed E-state index contributed by atoms with van der Waals surface area (Å²) in [5.74, 6) is 0.510. The first-order chi connectivity index (χ1) is 13.7. The zero-order valence-corrected chi connectivity index (χ0v) is 15.8. The Balaban J connectivity index is 1.47. The molecule has 2 heterocycles. The van der Waals surface area contributed by atoms with Gasteiger partial charge in [0.05, 0.1) is 17.5 Å². The summed E-state index contributed by atoms with van der Waals surface area (Å²) in [6.07, 6.45) is 2.94. The van der Waals surface area contributed by atoms with Gasteiger partial charge in [-0.25, -0.2) is 4.98 Å². The Morgan fingerprint density at radius 1 is 1.14 bits per heavy atom. The highest BCUT2D eigenvalue weighted by molar-refractivity contribution is 6.05. The fourth-order valence-corrected chi connectivity index (χ4v) is 4.06. The average molecular weight is 374 g/mol. The van der Waals surface area contributed by atoms with Crippen LogP contribution in [-0.4, -0.2) is 27.4 Å². The molecule has 1 fully saturated rings. The number of amides is 2. The number of benzene rings is 2. The second kappa shape index (κ2) is 6.48. The largest absolute Gasteiger partial charge is 0.326 e. The molecular weight excluding hydrogens is 352 g/mol. The molecule has 1 aromatic heterocycles. The third-order valence-electron chi connectivity index (χ3n) is 5.59. The molecule has 1 aliphatic carbocycles. The van der Waals surface area contributed by atoms with E-state index in [1.807, 2.05) is 53.1 Å². The number of nitrogens with one attached hydrogen (secondary N) is 1. The van der Waals surface area contributed by atoms with Gasteiger partial charge in [0, 0.05) is 11.7 Å². The summed E-state index contributed by atoms with van der Waals surface area (Å²) in [6.45, 7) is 2.06. The van der Waals surface area contributed by atoms with Crippen LogP contribution in [0.1, 0.15) is 37.8 Å². The van der Waals surface area contributed by atoms with Crippen molar-refractivity contribution < 1.29 is 9.59 Å². The van der Waals surface area contributed by atoms with Gasteiger partial charge in [-0.05, 0) is 43.0 Å². The van der Waals surface area contributed by atoms with Crippen molar-refractivity contribution in [1.29, 1.82) is 0 Å². The average Bonchev–Trinajstić information content (AvgIpc) is 3.41. The molecule has 6 heteroatoms. The van der Waals surface area contributed by atoms with E-state index in [-0.39, 0.29) is 24.3 Å². The van der Waals surface area contributed by atoms with Crippen molar-refractivity contribution in [2.45, 2.75) is 44.7 Å². The Morgan fingerprint density at radius 2 is 1.89 bits per heavy atom. The van der Waals surface area contributed by atoms with Crippen molar-refractivity contribution in [2.75, 3.05) is 10.2 Å². The number of aromatic nitrogens is 2. The van der Waals surface area contributed by atoms with Gasteiger partial charge < -0.3 is 5.32 Å². The van der Waals surface area contributed by atoms with E-state index in [9.17, 15) is 9.59 Å². The van der Waals surface area contributed by atoms with Crippen LogP contribution in [0.5, 0.6) is 0 Å². The zero-order chi connectivity index (χ0) is 19.3. The van der Waals surface area contributed by atoms with E-state index in [0.29, 0.717) is 5.95 Å². The molecule has 3 aromatic rings. The van der Waals surface area contributed by atoms with Crippen LogP contribution in [0.4, 0.5) is 11.6 Å². The number of fused-ring (bicyclic) bond motifs is 3. The van der Waals surface area contributed by atoms with E-state index < -0.39 is 6.04 Å². The molecule has 1 saturated carbocycles. The molecule has 1 N–H and O–H groups in total. The predicted octanol–water partition coefficient (Wildman–Crippen LogP) is 3.68. The van der Waals surface area contributed by atoms with Crippen molar-refractivity contribution >= 4 is 34.5 Å². The molecule has 1 aliphatic heterocycles. The van der Waals surface area contributed by atoms with Crippen LogP contribution >= 0.6 is 0 Å². The Labute approximate surface area is 163 Å². The van der Waals surface area contributed by atoms with Crippen LogP contribution in [0.2, 0.25) is 0 Å². The number of hydrogen-bond donors (Lipinski definition) is 1. The number of carbonyl (C=O) groups excluding carboxylic acids is 2. The maximum Gasteiger partial charge on any atom is 0.253 e. The molecule has 0 spiro atoms. The van der Waals surface area contributed by atoms with E-state index in [2.05, 4.69) is 12.2 Å². The van der Waals surface area contributed by atoms with E-state index in [4.69, 9.17) is 4.98 Å². The van der Waals surface area contributed by atoms with Gasteiger partial charge in [-0.1, -0.05) is 37.3 Å². The first-order valence-electron chi connectivity index (χ1n) is 9.85. The van der Waals surface area contributed by atoms with Crippen molar-refractivity contribution in [1.82, 2.24) is 9.55 Å². The van der Waals surface area contributed by atoms with E-state index in [1.165, 1.54) is 0 Å². The Bertz CT molecular complexity index is 1080. The number of imidazole rings is 1. The normalized spacial score (nSPS) is 18.5. The number of aryl methyl sites for hydroxylation is 1. The minimum Gasteiger partial charge on any atom is -0.326 e. The standard InChI is InChI=1S/C22H22N4O2/c1-2-14-7-3-4-8-16(14)23-20(27)13-19-21(28)25(15-11-12-15)22-24-17-9-5-6-10-18(17)26(19)22/h3-10,15,19H,2,11-13H2,1H3,(H,23,27). The van der Waals surface area contributed by atoms with Gasteiger partial charge >= 0.3 is 0 Å². The van der Waals surface area contributed by atoms with Crippen LogP contribution in [-0.2, 0) is 16.0 Å². The zero-order valence-electron chi connectivity index (χ0n) is 15.8. The summed E-state index contributed by atoms with van der Waals surface area (Å²) in [5.41, 5.74) is 3.66. The maximum absolute atomic E-state index is 13.1. The van der Waals surface area contributed by atoms with Gasteiger partial charge in [0.1, 0.15) is 6.04 Å². The number of carbonyl (C=O) groups is 2. The van der Waals surface area contributed by atoms with E-state index >= 15 is 0 Å². The number of rotatable bonds is 5. The Morgan fingerprint density at radius 3 is 2.68 bits per heavy atom. The van der Waals surface area contributed by atoms with Crippen molar-refractivity contribution in [3.05, 3.63) is 54.1 Å². The molecule has 5 rings (SSSR count). The highest BCUT2D eigenvalue weighted by Gasteiger charge is 2.47. The molecule has 0 bridgehead atoms. The van der Waals surface area contributed by atoms with Gasteiger partial charge in [-0.3, -0.25) is 19.1 Å². The number of nitrogens with zero attached hydrogens (tertiary/aromatic N) is 3. The first-order valence-corrected chi connectivity index (χ1v) is 9.85. The summed E-state index contributed by atoms with van der Waals surface area (Å²) < 4.78 is 1.95. The van der Waals surface area contributed by atoms with E-state index in [0.717, 1.165) is 41.5 Å². The van der Waals surface area contributed by atoms with Crippen LogP contribution in [0.3, 0.4) is 0 Å². The van der Waals surface area contributed by atoms with Gasteiger partial charge in [-0.15, -0.1) is 0 Å². The van der Waals surface area contributed by atoms with Gasteiger partial charge in [0.25, 0.3) is 5.91 Å². The predicted molar refractivity (Wildman–Crippen MR) is 108 cm³/mol. The molecule has 6 nitrogen and oxygen atoms in total. The molecule has 2 amide bonds. The van der Waals surface area contributed by atoms with Crippen molar-refractivity contribution in [2.24, 2.45) is 0 Å². The Hall–Kier alpha value is -3.15. The van der Waals surface area contributed by atoms with Crippen LogP contribution in [0.15, 0.2) is 48.5 Å². The minimum absolute atomic E-state index is 0.0188. The molecule has 1 unspecified atom stereocenters. The monoisotopic (exact) mass is 374 g/mol. The SMILES string of the molecule is CCc1ccccc1NC(=O)CC1C(=O)N(C2CC2)c2nc3ccccc3n21. The van der Waals surface area contributed by atoms with Gasteiger partial charge in [0.15, 0.2) is 0 Å². The molecule has 0 saturated heterocycles. The third-order valence-corrected chi connectivity index (χ3v) is 5.59. The number of anilines is 2. The van der Waals surface area contributed by atoms with Gasteiger partial charge in [0.2, 0.25) is 11.9 Å². The highest BCUT2D eigenvalue weighted by atomic mass is 16.2. The second-order valence-corrected chi connectivity index (χ2v) is 7.49. The fourth-order valence-electron chi connectivity index (χ4n) is 4.06. The van der Waals surface area contributed by atoms with E-state index in [1.54, 1.807) is 4.90 Å². The lowest BCUT2D eigenvalue weighted by molar-refractivity contribution is -0.124. The molecule has 2 aromatic carbocycles. The molecular formula is C22H22N4O2. The first kappa shape index (κ1) is 17.0. The fraction of sp³-hybridized carbons (Fsp3) is 0.318. The summed E-state index contributed by atoms with van der Waals surface area (Å²) in [4.78, 5) is 32.5. The lowest BCUT2D eigenvalue weighted by Crippen LogP contribution is -2.33. The summed E-state index contributed by atoms with van der Waals surface area (Å²) in [6, 6.07) is 15.3. The minimum atomic E-state index is -0.545. The second-order valence-electron chi connectivity index (χ2n) is 7.49. The quantitative estimate of drug-likeness (QED) is 0.741. The third kappa shape index (κ3) is 2.68. The highest BCUT2D eigenvalue weighted by Crippen LogP contribution is 2.42. The van der Waals surface area contributed by atoms with Gasteiger partial charge in [-0.2, -0.15) is 0 Å². The molecule has 1 atom stereocenters. The Kier molecular flexibility index (Phi) is 3.93. The summed E-state index contributed by atoms with van der Waals surface area (Å²) in [7, 11) is 0. The van der Waals surface area contributed by atoms with Crippen LogP contribution in [0.25, 0.3) is 11.0 Å². The topological polar surface area (TPSA) is 67.2 Å². The number of hydrogen-bond acceptors (Lipinski definition) is 3. The maximum atomic E-state index is 13.1. The lowest BCUT2D eigenvalue weighted by Gasteiger charge is -2.15. The summed E-state index contributed by atoms with van der Waals surface area (Å²) >= 11 is 0. The van der Waals surface area contributed by atoms with Crippen LogP contribution in [0, 0.1) is 0 Å².